The quantitative estimate of drug-likeness (QED) is 0.606. The molecule has 1 aliphatic rings. The third kappa shape index (κ3) is 5.16. The monoisotopic (exact) mass is 451 g/mol. The Morgan fingerprint density at radius 2 is 2.07 bits per heavy atom. The summed E-state index contributed by atoms with van der Waals surface area (Å²) in [7, 11) is -4.31. The number of nitrogens with zero attached hydrogens (tertiary/aromatic N) is 2. The van der Waals surface area contributed by atoms with E-state index in [-0.39, 0.29) is 36.2 Å². The van der Waals surface area contributed by atoms with Gasteiger partial charge in [-0.1, -0.05) is 0 Å². The van der Waals surface area contributed by atoms with Crippen molar-refractivity contribution < 1.29 is 40.3 Å². The highest BCUT2D eigenvalue weighted by Crippen LogP contribution is 2.36. The van der Waals surface area contributed by atoms with Gasteiger partial charge in [-0.3, -0.25) is 0 Å². The summed E-state index contributed by atoms with van der Waals surface area (Å²) >= 11 is 0. The Hall–Kier alpha value is -2.48. The number of alkyl halides is 3. The fourth-order valence-corrected chi connectivity index (χ4v) is 3.21. The fourth-order valence-electron chi connectivity index (χ4n) is 2.60. The molecule has 0 aliphatic carbocycles. The predicted octanol–water partition coefficient (Wildman–Crippen LogP) is 1.68. The van der Waals surface area contributed by atoms with E-state index in [9.17, 15) is 26.7 Å². The van der Waals surface area contributed by atoms with Crippen molar-refractivity contribution in [3.05, 3.63) is 36.0 Å². The molecule has 30 heavy (non-hydrogen) atoms. The van der Waals surface area contributed by atoms with E-state index in [1.54, 1.807) is 0 Å². The first kappa shape index (κ1) is 18.3. The molecular formula is C17H19F3N4O5S. The summed E-state index contributed by atoms with van der Waals surface area (Å²) in [6.45, 7) is -2.81. The number of rotatable bonds is 6. The molecule has 3 rings (SSSR count). The highest BCUT2D eigenvalue weighted by atomic mass is 32.2. The molecule has 0 radical (unpaired) electrons. The lowest BCUT2D eigenvalue weighted by Crippen LogP contribution is -2.41. The van der Waals surface area contributed by atoms with Crippen LogP contribution in [0.3, 0.4) is 0 Å². The minimum atomic E-state index is -4.81. The number of hydrogen-bond acceptors (Lipinski definition) is 8. The van der Waals surface area contributed by atoms with Crippen molar-refractivity contribution in [3.8, 4) is 5.88 Å². The number of aliphatic hydroxyl groups is 1. The van der Waals surface area contributed by atoms with Gasteiger partial charge < -0.3 is 19.9 Å². The van der Waals surface area contributed by atoms with Crippen LogP contribution in [0.2, 0.25) is 0 Å². The molecule has 0 saturated carbocycles. The lowest BCUT2D eigenvalue weighted by molar-refractivity contribution is -0.141. The van der Waals surface area contributed by atoms with Gasteiger partial charge in [-0.2, -0.15) is 18.2 Å². The van der Waals surface area contributed by atoms with E-state index in [0.29, 0.717) is 6.20 Å². The first-order valence-corrected chi connectivity index (χ1v) is 10.0. The average molecular weight is 451 g/mol. The third-order valence-electron chi connectivity index (χ3n) is 4.14. The molecule has 0 unspecified atom stereocenters. The molecule has 3 N–H and O–H groups in total. The van der Waals surface area contributed by atoms with Crippen LogP contribution in [-0.4, -0.2) is 55.9 Å². The van der Waals surface area contributed by atoms with Crippen LogP contribution < -0.4 is 14.8 Å². The van der Waals surface area contributed by atoms with Gasteiger partial charge in [0.2, 0.25) is 21.9 Å². The van der Waals surface area contributed by atoms with Crippen molar-refractivity contribution in [2.24, 2.45) is 0 Å². The van der Waals surface area contributed by atoms with Crippen LogP contribution in [0.4, 0.5) is 24.8 Å². The molecule has 164 valence electrons. The second kappa shape index (κ2) is 8.71. The van der Waals surface area contributed by atoms with E-state index < -0.39 is 46.8 Å². The maximum Gasteiger partial charge on any atom is 0.423 e. The smallest absolute Gasteiger partial charge is 0.423 e. The Balaban J connectivity index is 1.82. The summed E-state index contributed by atoms with van der Waals surface area (Å²) < 4.78 is 97.1. The first-order chi connectivity index (χ1) is 15.2. The number of ether oxygens (including phenoxy) is 2. The molecular weight excluding hydrogens is 429 g/mol. The van der Waals surface area contributed by atoms with E-state index in [4.69, 9.17) is 13.6 Å². The second-order valence-electron chi connectivity index (χ2n) is 6.25. The Kier molecular flexibility index (Phi) is 5.32. The maximum atomic E-state index is 13.4. The largest absolute Gasteiger partial charge is 0.471 e. The highest BCUT2D eigenvalue weighted by molar-refractivity contribution is 7.89. The van der Waals surface area contributed by atoms with Crippen LogP contribution in [0, 0.1) is 0 Å². The summed E-state index contributed by atoms with van der Waals surface area (Å²) in [6, 6.07) is 4.68. The van der Waals surface area contributed by atoms with Crippen LogP contribution in [0.1, 0.15) is 16.1 Å². The van der Waals surface area contributed by atoms with E-state index in [2.05, 4.69) is 15.3 Å². The van der Waals surface area contributed by atoms with Crippen molar-refractivity contribution in [2.45, 2.75) is 29.7 Å². The van der Waals surface area contributed by atoms with Crippen LogP contribution in [0.25, 0.3) is 0 Å². The number of anilines is 2. The molecule has 1 fully saturated rings. The zero-order valence-electron chi connectivity index (χ0n) is 18.2. The molecule has 9 nitrogen and oxygen atoms in total. The number of nitrogens with one attached hydrogen (secondary N) is 2. The number of benzene rings is 1. The Labute approximate surface area is 174 Å². The zero-order chi connectivity index (χ0) is 24.4. The van der Waals surface area contributed by atoms with Crippen molar-refractivity contribution in [3.63, 3.8) is 0 Å². The van der Waals surface area contributed by atoms with Gasteiger partial charge in [-0.25, -0.2) is 18.1 Å². The molecule has 13 heteroatoms. The topological polar surface area (TPSA) is 123 Å². The number of sulfonamides is 1. The molecule has 2 atom stereocenters. The lowest BCUT2D eigenvalue weighted by atomic mass is 10.1. The molecule has 0 spiro atoms. The number of hydrogen-bond donors (Lipinski definition) is 3. The molecule has 2 heterocycles. The van der Waals surface area contributed by atoms with Gasteiger partial charge in [-0.05, 0) is 31.2 Å². The fraction of sp³-hybridized carbons (Fsp3) is 0.412. The predicted molar refractivity (Wildman–Crippen MR) is 98.9 cm³/mol. The normalized spacial score (nSPS) is 21.9. The molecule has 0 amide bonds. The van der Waals surface area contributed by atoms with Gasteiger partial charge in [0.25, 0.3) is 0 Å². The molecule has 1 aromatic carbocycles. The molecule has 1 saturated heterocycles. The Bertz CT molecular complexity index is 1080. The summed E-state index contributed by atoms with van der Waals surface area (Å²) in [4.78, 5) is 7.04. The van der Waals surface area contributed by atoms with E-state index in [1.165, 1.54) is 16.9 Å². The molecule has 1 aliphatic heterocycles. The minimum absolute atomic E-state index is 0.0892. The van der Waals surface area contributed by atoms with Crippen LogP contribution in [-0.2, 0) is 20.9 Å². The molecule has 1 aromatic heterocycles. The maximum absolute atomic E-state index is 13.4. The summed E-state index contributed by atoms with van der Waals surface area (Å²) in [5.74, 6) is -1.07. The average Bonchev–Trinajstić information content (AvgIpc) is 2.68. The van der Waals surface area contributed by atoms with E-state index >= 15 is 0 Å². The van der Waals surface area contributed by atoms with Gasteiger partial charge >= 0.3 is 6.18 Å². The zero-order valence-corrected chi connectivity index (χ0v) is 16.0. The van der Waals surface area contributed by atoms with E-state index in [1.807, 2.05) is 0 Å². The van der Waals surface area contributed by atoms with Crippen molar-refractivity contribution in [1.29, 1.82) is 0 Å². The summed E-state index contributed by atoms with van der Waals surface area (Å²) in [6.07, 6.45) is -6.22. The summed E-state index contributed by atoms with van der Waals surface area (Å²) in [5, 5.41) is 12.5. The van der Waals surface area contributed by atoms with Crippen LogP contribution >= 0.6 is 0 Å². The van der Waals surface area contributed by atoms with Gasteiger partial charge in [-0.15, -0.1) is 0 Å². The van der Waals surface area contributed by atoms with E-state index in [0.717, 1.165) is 12.1 Å². The minimum Gasteiger partial charge on any atom is -0.471 e. The van der Waals surface area contributed by atoms with Gasteiger partial charge in [0.15, 0.2) is 0 Å². The van der Waals surface area contributed by atoms with Gasteiger partial charge in [0.05, 0.1) is 18.1 Å². The van der Waals surface area contributed by atoms with Gasteiger partial charge in [0.1, 0.15) is 17.8 Å². The Morgan fingerprint density at radius 3 is 2.70 bits per heavy atom. The van der Waals surface area contributed by atoms with Crippen molar-refractivity contribution in [2.75, 3.05) is 25.5 Å². The number of aromatic nitrogens is 2. The SMILES string of the molecule is [2H]C([2H])([2H])NS(=O)(=O)c1ccc(Nc2ncc(C(F)(F)F)c(O[C@H]3CCOC[C@H]3O)n2)cc1. The van der Waals surface area contributed by atoms with Crippen LogP contribution in [0.15, 0.2) is 35.4 Å². The lowest BCUT2D eigenvalue weighted by Gasteiger charge is -2.28. The third-order valence-corrected chi connectivity index (χ3v) is 5.30. The summed E-state index contributed by atoms with van der Waals surface area (Å²) in [5.41, 5.74) is -1.02. The number of halogens is 3. The van der Waals surface area contributed by atoms with Crippen molar-refractivity contribution in [1.82, 2.24) is 14.7 Å². The number of aliphatic hydroxyl groups excluding tert-OH is 1. The van der Waals surface area contributed by atoms with Crippen molar-refractivity contribution >= 4 is 21.7 Å². The van der Waals surface area contributed by atoms with Crippen LogP contribution in [0.5, 0.6) is 5.88 Å². The first-order valence-electron chi connectivity index (χ1n) is 10.0. The Morgan fingerprint density at radius 1 is 1.33 bits per heavy atom. The van der Waals surface area contributed by atoms with Gasteiger partial charge in [0, 0.05) is 22.4 Å². The standard InChI is InChI=1S/C17H19F3N4O5S/c1-21-30(26,27)11-4-2-10(3-5-11)23-16-22-8-12(17(18,19)20)15(24-16)29-14-6-7-28-9-13(14)25/h2-5,8,13-14,21,25H,6-7,9H2,1H3,(H,22,23,24)/t13-,14+/m1/s1/i1D3. The molecule has 0 bridgehead atoms. The second-order valence-corrected chi connectivity index (χ2v) is 7.93. The highest BCUT2D eigenvalue weighted by Gasteiger charge is 2.38. The molecule has 2 aromatic rings.